The Hall–Kier alpha value is -0.950. The van der Waals surface area contributed by atoms with Crippen molar-refractivity contribution in [3.63, 3.8) is 0 Å². The van der Waals surface area contributed by atoms with Gasteiger partial charge in [0, 0.05) is 28.7 Å². The Labute approximate surface area is 189 Å². The second-order valence-electron chi connectivity index (χ2n) is 9.46. The summed E-state index contributed by atoms with van der Waals surface area (Å²) in [7, 11) is 0. The Bertz CT molecular complexity index is 737. The van der Waals surface area contributed by atoms with Gasteiger partial charge in [-0.2, -0.15) is 0 Å². The third kappa shape index (κ3) is 4.77. The molecule has 2 aliphatic heterocycles. The molecule has 2 atom stereocenters. The Morgan fingerprint density at radius 1 is 1.33 bits per heavy atom. The van der Waals surface area contributed by atoms with E-state index in [0.717, 1.165) is 43.4 Å². The molecule has 1 aliphatic carbocycles. The molecule has 6 heteroatoms. The molecule has 3 aliphatic rings. The van der Waals surface area contributed by atoms with Gasteiger partial charge in [0.15, 0.2) is 0 Å². The quantitative estimate of drug-likeness (QED) is 0.319. The molecule has 30 heavy (non-hydrogen) atoms. The maximum atomic E-state index is 13.2. The minimum Gasteiger partial charge on any atom is -0.598 e. The van der Waals surface area contributed by atoms with Crippen molar-refractivity contribution < 1.29 is 9.35 Å². The van der Waals surface area contributed by atoms with Crippen LogP contribution in [0, 0.1) is 5.92 Å². The summed E-state index contributed by atoms with van der Waals surface area (Å²) in [5.74, 6) is 1.46. The Morgan fingerprint density at radius 3 is 2.50 bits per heavy atom. The smallest absolute Gasteiger partial charge is 0.226 e. The predicted molar refractivity (Wildman–Crippen MR) is 128 cm³/mol. The van der Waals surface area contributed by atoms with Crippen LogP contribution in [0.1, 0.15) is 71.4 Å². The Balaban J connectivity index is 2.00. The topological polar surface area (TPSA) is 55.4 Å². The minimum atomic E-state index is -1.24. The monoisotopic (exact) mass is 448 g/mol. The van der Waals surface area contributed by atoms with Gasteiger partial charge in [-0.1, -0.05) is 25.1 Å². The molecule has 1 unspecified atom stereocenters. The van der Waals surface area contributed by atoms with Gasteiger partial charge >= 0.3 is 0 Å². The number of amides is 1. The van der Waals surface area contributed by atoms with Crippen molar-refractivity contribution >= 4 is 29.0 Å². The summed E-state index contributed by atoms with van der Waals surface area (Å²) in [5.41, 5.74) is 0.745. The molecule has 3 fully saturated rings. The first-order chi connectivity index (χ1) is 14.2. The Kier molecular flexibility index (Phi) is 7.65. The first-order valence-electron chi connectivity index (χ1n) is 11.1. The number of carbonyl (C=O) groups excluding carboxylic acids is 1. The van der Waals surface area contributed by atoms with Crippen LogP contribution in [-0.4, -0.2) is 37.9 Å². The van der Waals surface area contributed by atoms with Crippen molar-refractivity contribution in [2.75, 3.05) is 12.3 Å². The summed E-state index contributed by atoms with van der Waals surface area (Å²) in [4.78, 5) is 16.4. The molecular formula is C24H36N2O2S2. The summed E-state index contributed by atoms with van der Waals surface area (Å²) in [6, 6.07) is 8.46. The molecule has 1 aromatic rings. The van der Waals surface area contributed by atoms with Crippen molar-refractivity contribution in [2.45, 2.75) is 81.0 Å². The number of hydrogen-bond donors (Lipinski definition) is 1. The molecule has 4 rings (SSSR count). The standard InChI is InChI=1S/C24H36N2O2S2/c1-6-16-26-22(27)19-12-14-24(26,15-13-19)21(25-30(28)23(3,4)5)18-8-10-20(11-9-18)29-17-7-2/h6,8-11,19,21,25H,1,7,12-17H2,2-5H3/t19?,21-,24?,30?/m1/s1. The third-order valence-corrected chi connectivity index (χ3v) is 9.10. The number of hydrogen-bond acceptors (Lipinski definition) is 4. The fourth-order valence-electron chi connectivity index (χ4n) is 4.67. The summed E-state index contributed by atoms with van der Waals surface area (Å²) < 4.78 is 16.3. The molecule has 2 saturated heterocycles. The Morgan fingerprint density at radius 2 is 1.97 bits per heavy atom. The number of benzene rings is 1. The van der Waals surface area contributed by atoms with Gasteiger partial charge in [-0.25, -0.2) is 0 Å². The van der Waals surface area contributed by atoms with E-state index < -0.39 is 11.4 Å². The second kappa shape index (κ2) is 9.68. The number of fused-ring (bicyclic) bond motifs is 3. The number of rotatable bonds is 9. The van der Waals surface area contributed by atoms with E-state index in [1.807, 2.05) is 43.5 Å². The first-order valence-corrected chi connectivity index (χ1v) is 13.2. The van der Waals surface area contributed by atoms with E-state index in [1.54, 1.807) is 0 Å². The van der Waals surface area contributed by atoms with Gasteiger partial charge in [0.1, 0.15) is 10.8 Å². The fraction of sp³-hybridized carbons (Fsp3) is 0.625. The van der Waals surface area contributed by atoms with Crippen LogP contribution in [0.2, 0.25) is 0 Å². The second-order valence-corrected chi connectivity index (χ2v) is 12.6. The zero-order valence-electron chi connectivity index (χ0n) is 18.8. The van der Waals surface area contributed by atoms with Crippen LogP contribution in [-0.2, 0) is 16.2 Å². The highest BCUT2D eigenvalue weighted by molar-refractivity contribution is 7.99. The molecular weight excluding hydrogens is 412 g/mol. The maximum Gasteiger partial charge on any atom is 0.226 e. The lowest BCUT2D eigenvalue weighted by atomic mass is 9.65. The molecule has 1 amide bonds. The molecule has 0 aromatic heterocycles. The number of carbonyl (C=O) groups is 1. The van der Waals surface area contributed by atoms with Crippen LogP contribution in [0.4, 0.5) is 0 Å². The lowest BCUT2D eigenvalue weighted by molar-refractivity contribution is -0.157. The largest absolute Gasteiger partial charge is 0.598 e. The molecule has 0 radical (unpaired) electrons. The van der Waals surface area contributed by atoms with Crippen LogP contribution in [0.5, 0.6) is 0 Å². The maximum absolute atomic E-state index is 13.2. The molecule has 2 heterocycles. The molecule has 0 spiro atoms. The third-order valence-electron chi connectivity index (χ3n) is 6.32. The summed E-state index contributed by atoms with van der Waals surface area (Å²) in [5, 5.41) is 0. The van der Waals surface area contributed by atoms with E-state index in [0.29, 0.717) is 6.54 Å². The number of piperidine rings is 2. The molecule has 1 aromatic carbocycles. The van der Waals surface area contributed by atoms with Gasteiger partial charge in [-0.15, -0.1) is 23.1 Å². The molecule has 1 N–H and O–H groups in total. The van der Waals surface area contributed by atoms with E-state index in [9.17, 15) is 9.35 Å². The molecule has 4 nitrogen and oxygen atoms in total. The lowest BCUT2D eigenvalue weighted by Gasteiger charge is -2.57. The van der Waals surface area contributed by atoms with Crippen LogP contribution >= 0.6 is 11.8 Å². The van der Waals surface area contributed by atoms with E-state index >= 15 is 0 Å². The number of thioether (sulfide) groups is 1. The normalized spacial score (nSPS) is 26.0. The van der Waals surface area contributed by atoms with Gasteiger partial charge in [0.2, 0.25) is 5.91 Å². The van der Waals surface area contributed by atoms with Gasteiger partial charge in [0.05, 0.1) is 5.54 Å². The average Bonchev–Trinajstić information content (AvgIpc) is 2.73. The van der Waals surface area contributed by atoms with Crippen molar-refractivity contribution in [1.82, 2.24) is 9.62 Å². The summed E-state index contributed by atoms with van der Waals surface area (Å²) in [6.07, 6.45) is 6.66. The van der Waals surface area contributed by atoms with Crippen molar-refractivity contribution in [3.8, 4) is 0 Å². The zero-order chi connectivity index (χ0) is 21.9. The van der Waals surface area contributed by atoms with Crippen molar-refractivity contribution in [3.05, 3.63) is 42.5 Å². The minimum absolute atomic E-state index is 0.133. The summed E-state index contributed by atoms with van der Waals surface area (Å²) in [6.45, 7) is 12.6. The number of nitrogens with zero attached hydrogens (tertiary/aromatic N) is 1. The fourth-order valence-corrected chi connectivity index (χ4v) is 6.36. The highest BCUT2D eigenvalue weighted by atomic mass is 32.2. The van der Waals surface area contributed by atoms with Gasteiger partial charge < -0.3 is 9.45 Å². The SMILES string of the molecule is C=CCN1C(=O)C2CCC1([C@H](N[S+]([O-])C(C)(C)C)c1ccc(SCCC)cc1)CC2. The van der Waals surface area contributed by atoms with Crippen LogP contribution in [0.3, 0.4) is 0 Å². The first kappa shape index (κ1) is 23.7. The lowest BCUT2D eigenvalue weighted by Crippen LogP contribution is -2.66. The predicted octanol–water partition coefficient (Wildman–Crippen LogP) is 5.24. The van der Waals surface area contributed by atoms with Gasteiger partial charge in [0.25, 0.3) is 0 Å². The van der Waals surface area contributed by atoms with E-state index in [-0.39, 0.29) is 28.2 Å². The van der Waals surface area contributed by atoms with Crippen molar-refractivity contribution in [2.24, 2.45) is 5.92 Å². The molecule has 2 bridgehead atoms. The average molecular weight is 449 g/mol. The summed E-state index contributed by atoms with van der Waals surface area (Å²) >= 11 is 0.619. The van der Waals surface area contributed by atoms with Crippen molar-refractivity contribution in [1.29, 1.82) is 0 Å². The highest BCUT2D eigenvalue weighted by Gasteiger charge is 2.56. The highest BCUT2D eigenvalue weighted by Crippen LogP contribution is 2.50. The van der Waals surface area contributed by atoms with E-state index in [1.165, 1.54) is 4.90 Å². The number of nitrogens with one attached hydrogen (secondary N) is 1. The molecule has 166 valence electrons. The van der Waals surface area contributed by atoms with E-state index in [2.05, 4.69) is 42.5 Å². The zero-order valence-corrected chi connectivity index (χ0v) is 20.4. The van der Waals surface area contributed by atoms with Gasteiger partial charge in [-0.05, 0) is 76.3 Å². The van der Waals surface area contributed by atoms with Crippen LogP contribution in [0.25, 0.3) is 0 Å². The van der Waals surface area contributed by atoms with Gasteiger partial charge in [-0.3, -0.25) is 4.79 Å². The van der Waals surface area contributed by atoms with Crippen LogP contribution in [0.15, 0.2) is 41.8 Å². The molecule has 1 saturated carbocycles. The van der Waals surface area contributed by atoms with Crippen LogP contribution < -0.4 is 4.72 Å². The van der Waals surface area contributed by atoms with E-state index in [4.69, 9.17) is 0 Å².